The first-order valence-corrected chi connectivity index (χ1v) is 14.5. The molecule has 0 atom stereocenters. The predicted molar refractivity (Wildman–Crippen MR) is 166 cm³/mol. The molecule has 0 saturated carbocycles. The molecular formula is C31H29ClFN5O3S. The molecule has 3 aromatic carbocycles. The summed E-state index contributed by atoms with van der Waals surface area (Å²) in [6.07, 6.45) is 1.46. The fourth-order valence-corrected chi connectivity index (χ4v) is 6.46. The Kier molecular flexibility index (Phi) is 6.66. The lowest BCUT2D eigenvalue weighted by atomic mass is 9.82. The van der Waals surface area contributed by atoms with Gasteiger partial charge >= 0.3 is 6.03 Å². The molecule has 1 aliphatic rings. The maximum Gasteiger partial charge on any atom is 0.325 e. The molecule has 42 heavy (non-hydrogen) atoms. The van der Waals surface area contributed by atoms with Gasteiger partial charge in [0.2, 0.25) is 0 Å². The summed E-state index contributed by atoms with van der Waals surface area (Å²) in [6, 6.07) is 13.2. The van der Waals surface area contributed by atoms with Gasteiger partial charge in [-0.2, -0.15) is 0 Å². The number of phenols is 1. The lowest BCUT2D eigenvalue weighted by Gasteiger charge is -2.25. The van der Waals surface area contributed by atoms with Crippen LogP contribution in [0.1, 0.15) is 46.1 Å². The van der Waals surface area contributed by atoms with E-state index < -0.39 is 17.3 Å². The number of nitrogens with zero attached hydrogens (tertiary/aromatic N) is 3. The maximum absolute atomic E-state index is 15.6. The highest BCUT2D eigenvalue weighted by Gasteiger charge is 2.43. The summed E-state index contributed by atoms with van der Waals surface area (Å²) in [5.41, 5.74) is 2.64. The third-order valence-electron chi connectivity index (χ3n) is 7.15. The zero-order chi connectivity index (χ0) is 30.0. The topological polar surface area (TPSA) is 104 Å². The monoisotopic (exact) mass is 605 g/mol. The van der Waals surface area contributed by atoms with Crippen LogP contribution in [0, 0.1) is 5.82 Å². The molecule has 0 bridgehead atoms. The van der Waals surface area contributed by atoms with Crippen molar-refractivity contribution in [1.82, 2.24) is 9.97 Å². The molecule has 0 unspecified atom stereocenters. The number of aromatic hydroxyl groups is 1. The van der Waals surface area contributed by atoms with Crippen LogP contribution in [0.2, 0.25) is 5.02 Å². The van der Waals surface area contributed by atoms with Crippen molar-refractivity contribution in [2.45, 2.75) is 45.4 Å². The number of rotatable bonds is 4. The van der Waals surface area contributed by atoms with Gasteiger partial charge in [0.05, 0.1) is 27.3 Å². The summed E-state index contributed by atoms with van der Waals surface area (Å²) < 4.78 is 22.2. The highest BCUT2D eigenvalue weighted by molar-refractivity contribution is 7.22. The number of fused-ring (bicyclic) bond motifs is 2. The van der Waals surface area contributed by atoms with E-state index in [0.717, 1.165) is 16.3 Å². The van der Waals surface area contributed by atoms with Crippen molar-refractivity contribution in [3.8, 4) is 17.0 Å². The van der Waals surface area contributed by atoms with Crippen LogP contribution in [0.15, 0.2) is 59.2 Å². The number of anilines is 4. The zero-order valence-corrected chi connectivity index (χ0v) is 25.2. The number of carbonyl (C=O) groups excluding carboxylic acids is 1. The van der Waals surface area contributed by atoms with Crippen LogP contribution in [0.3, 0.4) is 0 Å². The second kappa shape index (κ2) is 9.99. The standard InChI is InChI=1S/C31H29ClFN5O3S/c1-30(2,3)27-34-20(14-41-27)24-17(33)13-22(39)26-25(24)31(4,5)15-38(26)21-9-7-6-8-18(21)35-28(40)37-29-36-19-11-10-16(32)12-23(19)42-29/h6-14,39H,15H2,1-5H3,(H2,35,36,37,40). The second-order valence-corrected chi connectivity index (χ2v) is 13.4. The number of amides is 2. The number of carbonyl (C=O) groups is 1. The minimum absolute atomic E-state index is 0.205. The van der Waals surface area contributed by atoms with Crippen LogP contribution >= 0.6 is 22.9 Å². The van der Waals surface area contributed by atoms with Gasteiger partial charge in [-0.1, -0.05) is 69.7 Å². The third kappa shape index (κ3) is 4.94. The van der Waals surface area contributed by atoms with Crippen molar-refractivity contribution in [2.24, 2.45) is 0 Å². The molecule has 216 valence electrons. The van der Waals surface area contributed by atoms with Crippen molar-refractivity contribution in [2.75, 3.05) is 22.1 Å². The van der Waals surface area contributed by atoms with Crippen molar-refractivity contribution in [1.29, 1.82) is 0 Å². The number of thiazole rings is 1. The Balaban J connectivity index is 1.36. The predicted octanol–water partition coefficient (Wildman–Crippen LogP) is 8.82. The number of halogens is 2. The van der Waals surface area contributed by atoms with E-state index in [0.29, 0.717) is 50.9 Å². The van der Waals surface area contributed by atoms with Crippen LogP contribution in [-0.4, -0.2) is 27.7 Å². The number of oxazole rings is 1. The van der Waals surface area contributed by atoms with Gasteiger partial charge in [0, 0.05) is 34.0 Å². The minimum Gasteiger partial charge on any atom is -0.506 e. The SMILES string of the molecule is CC(C)(C)c1nc(-c2c(F)cc(O)c3c2C(C)(C)CN3c2ccccc2NC(=O)Nc2nc3ccc(Cl)cc3s2)co1. The van der Waals surface area contributed by atoms with Crippen molar-refractivity contribution >= 4 is 61.4 Å². The van der Waals surface area contributed by atoms with Gasteiger partial charge in [0.1, 0.15) is 23.5 Å². The number of phenolic OH excluding ortho intramolecular Hbond substituents is 1. The second-order valence-electron chi connectivity index (χ2n) is 12.0. The van der Waals surface area contributed by atoms with E-state index in [-0.39, 0.29) is 16.7 Å². The minimum atomic E-state index is -0.595. The lowest BCUT2D eigenvalue weighted by molar-refractivity contribution is 0.262. The highest BCUT2D eigenvalue weighted by Crippen LogP contribution is 2.54. The molecule has 8 nitrogen and oxygen atoms in total. The smallest absolute Gasteiger partial charge is 0.325 e. The number of hydrogen-bond donors (Lipinski definition) is 3. The number of urea groups is 1. The van der Waals surface area contributed by atoms with E-state index in [1.54, 1.807) is 30.3 Å². The van der Waals surface area contributed by atoms with Gasteiger partial charge in [0.15, 0.2) is 11.0 Å². The lowest BCUT2D eigenvalue weighted by Crippen LogP contribution is -2.27. The molecule has 3 heterocycles. The summed E-state index contributed by atoms with van der Waals surface area (Å²) in [7, 11) is 0. The fraction of sp³-hybridized carbons (Fsp3) is 0.258. The van der Waals surface area contributed by atoms with E-state index in [9.17, 15) is 9.90 Å². The van der Waals surface area contributed by atoms with Crippen molar-refractivity contribution in [3.63, 3.8) is 0 Å². The molecule has 0 radical (unpaired) electrons. The summed E-state index contributed by atoms with van der Waals surface area (Å²) in [5, 5.41) is 17.8. The zero-order valence-electron chi connectivity index (χ0n) is 23.7. The molecule has 0 fully saturated rings. The number of para-hydroxylation sites is 2. The molecule has 2 aromatic heterocycles. The summed E-state index contributed by atoms with van der Waals surface area (Å²) in [6.45, 7) is 10.3. The normalized spacial score (nSPS) is 14.3. The van der Waals surface area contributed by atoms with Crippen LogP contribution in [0.5, 0.6) is 5.75 Å². The summed E-state index contributed by atoms with van der Waals surface area (Å²) >= 11 is 7.40. The molecule has 2 amide bonds. The van der Waals surface area contributed by atoms with Crippen molar-refractivity contribution in [3.05, 3.63) is 77.1 Å². The quantitative estimate of drug-likeness (QED) is 0.189. The van der Waals surface area contributed by atoms with Gasteiger partial charge < -0.3 is 19.7 Å². The number of benzene rings is 3. The summed E-state index contributed by atoms with van der Waals surface area (Å²) in [5.74, 6) is -0.301. The Morgan fingerprint density at radius 1 is 1.14 bits per heavy atom. The molecule has 0 saturated heterocycles. The first-order chi connectivity index (χ1) is 19.8. The first-order valence-electron chi connectivity index (χ1n) is 13.3. The van der Waals surface area contributed by atoms with E-state index >= 15 is 4.39 Å². The number of nitrogens with one attached hydrogen (secondary N) is 2. The Labute approximate surface area is 251 Å². The maximum atomic E-state index is 15.6. The average molecular weight is 606 g/mol. The average Bonchev–Trinajstić information content (AvgIpc) is 3.60. The van der Waals surface area contributed by atoms with Gasteiger partial charge in [-0.15, -0.1) is 0 Å². The molecule has 6 rings (SSSR count). The molecule has 0 aliphatic carbocycles. The fourth-order valence-electron chi connectivity index (χ4n) is 5.32. The Hall–Kier alpha value is -4.15. The molecule has 3 N–H and O–H groups in total. The van der Waals surface area contributed by atoms with Gasteiger partial charge in [0.25, 0.3) is 0 Å². The number of aromatic nitrogens is 2. The van der Waals surface area contributed by atoms with E-state index in [4.69, 9.17) is 16.0 Å². The highest BCUT2D eigenvalue weighted by atomic mass is 35.5. The van der Waals surface area contributed by atoms with E-state index in [1.807, 2.05) is 51.7 Å². The van der Waals surface area contributed by atoms with E-state index in [1.165, 1.54) is 17.6 Å². The molecular weight excluding hydrogens is 577 g/mol. The molecule has 11 heteroatoms. The molecule has 5 aromatic rings. The van der Waals surface area contributed by atoms with Crippen LogP contribution in [0.4, 0.5) is 31.4 Å². The van der Waals surface area contributed by atoms with Gasteiger partial charge in [-0.3, -0.25) is 5.32 Å². The molecule has 0 spiro atoms. The largest absolute Gasteiger partial charge is 0.506 e. The number of hydrogen-bond acceptors (Lipinski definition) is 7. The van der Waals surface area contributed by atoms with Gasteiger partial charge in [-0.25, -0.2) is 19.2 Å². The molecule has 1 aliphatic heterocycles. The Bertz CT molecular complexity index is 1860. The van der Waals surface area contributed by atoms with Crippen LogP contribution in [-0.2, 0) is 10.8 Å². The van der Waals surface area contributed by atoms with Gasteiger partial charge in [-0.05, 0) is 35.9 Å². The third-order valence-corrected chi connectivity index (χ3v) is 8.32. The first kappa shape index (κ1) is 28.0. The van der Waals surface area contributed by atoms with Crippen LogP contribution in [0.25, 0.3) is 21.5 Å². The van der Waals surface area contributed by atoms with Crippen molar-refractivity contribution < 1.29 is 18.7 Å². The van der Waals surface area contributed by atoms with E-state index in [2.05, 4.69) is 20.6 Å². The summed E-state index contributed by atoms with van der Waals surface area (Å²) in [4.78, 5) is 24.0. The Morgan fingerprint density at radius 2 is 1.90 bits per heavy atom. The Morgan fingerprint density at radius 3 is 2.64 bits per heavy atom. The van der Waals surface area contributed by atoms with Crippen LogP contribution < -0.4 is 15.5 Å².